The fourth-order valence-electron chi connectivity index (χ4n) is 5.54. The van der Waals surface area contributed by atoms with Crippen LogP contribution in [0, 0.1) is 11.6 Å². The minimum absolute atomic E-state index is 0.0137. The highest BCUT2D eigenvalue weighted by Gasteiger charge is 2.36. The lowest BCUT2D eigenvalue weighted by molar-refractivity contribution is 0.345. The van der Waals surface area contributed by atoms with Crippen molar-refractivity contribution < 1.29 is 13.2 Å². The van der Waals surface area contributed by atoms with Crippen LogP contribution in [0.15, 0.2) is 53.8 Å². The van der Waals surface area contributed by atoms with E-state index >= 15 is 0 Å². The molecule has 10 heteroatoms. The van der Waals surface area contributed by atoms with Gasteiger partial charge < -0.3 is 4.90 Å². The third-order valence-electron chi connectivity index (χ3n) is 7.31. The van der Waals surface area contributed by atoms with Crippen LogP contribution in [0.4, 0.5) is 19.0 Å². The number of rotatable bonds is 4. The lowest BCUT2D eigenvalue weighted by Crippen LogP contribution is -2.28. The number of pyridine rings is 1. The average molecular weight is 495 g/mol. The van der Waals surface area contributed by atoms with E-state index in [0.717, 1.165) is 43.9 Å². The second-order valence-electron chi connectivity index (χ2n) is 9.55. The monoisotopic (exact) mass is 494 g/mol. The summed E-state index contributed by atoms with van der Waals surface area (Å²) in [6.07, 6.45) is 8.95. The highest BCUT2D eigenvalue weighted by Crippen LogP contribution is 2.38. The van der Waals surface area contributed by atoms with Gasteiger partial charge in [0.15, 0.2) is 5.82 Å². The second-order valence-corrected chi connectivity index (χ2v) is 9.55. The van der Waals surface area contributed by atoms with Gasteiger partial charge in [-0.2, -0.15) is 0 Å². The van der Waals surface area contributed by atoms with Crippen molar-refractivity contribution in [3.05, 3.63) is 76.7 Å². The van der Waals surface area contributed by atoms with Crippen LogP contribution in [0.3, 0.4) is 0 Å². The van der Waals surface area contributed by atoms with Crippen molar-refractivity contribution >= 4 is 16.9 Å². The number of benzene rings is 1. The van der Waals surface area contributed by atoms with Crippen molar-refractivity contribution in [3.63, 3.8) is 0 Å². The molecule has 4 heterocycles. The van der Waals surface area contributed by atoms with Crippen molar-refractivity contribution in [1.29, 1.82) is 0 Å². The molecule has 1 saturated heterocycles. The lowest BCUT2D eigenvalue weighted by atomic mass is 9.95. The number of fused-ring (bicyclic) bond motifs is 1. The Balaban J connectivity index is 1.42. The van der Waals surface area contributed by atoms with E-state index in [9.17, 15) is 18.0 Å². The number of alkyl halides is 1. The number of hydrogen-bond acceptors (Lipinski definition) is 5. The van der Waals surface area contributed by atoms with E-state index in [-0.39, 0.29) is 30.3 Å². The van der Waals surface area contributed by atoms with Crippen molar-refractivity contribution in [2.45, 2.75) is 56.8 Å². The molecule has 7 nitrogen and oxygen atoms in total. The number of imidazole rings is 1. The normalized spacial score (nSPS) is 20.9. The summed E-state index contributed by atoms with van der Waals surface area (Å²) in [4.78, 5) is 28.3. The fraction of sp³-hybridized carbons (Fsp3) is 0.385. The van der Waals surface area contributed by atoms with E-state index in [1.807, 2.05) is 0 Å². The van der Waals surface area contributed by atoms with E-state index < -0.39 is 23.8 Å². The van der Waals surface area contributed by atoms with Crippen molar-refractivity contribution in [2.24, 2.45) is 0 Å². The smallest absolute Gasteiger partial charge is 0.334 e. The summed E-state index contributed by atoms with van der Waals surface area (Å²) in [5.41, 5.74) is 0.783. The molecule has 2 fully saturated rings. The molecule has 2 aliphatic rings. The molecular weight excluding hydrogens is 469 g/mol. The summed E-state index contributed by atoms with van der Waals surface area (Å²) in [5, 5.41) is 0. The van der Waals surface area contributed by atoms with E-state index in [1.165, 1.54) is 17.3 Å². The predicted molar refractivity (Wildman–Crippen MR) is 129 cm³/mol. The third-order valence-corrected chi connectivity index (χ3v) is 7.31. The van der Waals surface area contributed by atoms with Gasteiger partial charge in [-0.05, 0) is 43.2 Å². The molecule has 0 radical (unpaired) electrons. The van der Waals surface area contributed by atoms with Gasteiger partial charge >= 0.3 is 5.69 Å². The Hall–Kier alpha value is -3.69. The standard InChI is InChI=1S/C26H25F3N6O/c27-16-6-7-20(29)19(12-16)22-13-17(28)14-35(22)23-9-8-21-24(32-23)25(31-15-30-21)34-11-10-33(26(34)36)18-4-2-1-3-5-18/h6-12,15,17-18,22H,1-5,13-14H2/t17-,22+/m0/s1. The molecule has 1 aliphatic carbocycles. The Morgan fingerprint density at radius 2 is 1.81 bits per heavy atom. The van der Waals surface area contributed by atoms with Crippen LogP contribution in [0.5, 0.6) is 0 Å². The first-order valence-electron chi connectivity index (χ1n) is 12.3. The second kappa shape index (κ2) is 9.07. The molecule has 186 valence electrons. The maximum Gasteiger partial charge on any atom is 0.334 e. The Bertz CT molecular complexity index is 1480. The zero-order valence-corrected chi connectivity index (χ0v) is 19.5. The summed E-state index contributed by atoms with van der Waals surface area (Å²) in [6, 6.07) is 6.04. The van der Waals surface area contributed by atoms with Gasteiger partial charge in [-0.25, -0.2) is 37.5 Å². The first-order chi connectivity index (χ1) is 17.5. The maximum absolute atomic E-state index is 14.6. The zero-order valence-electron chi connectivity index (χ0n) is 19.5. The molecule has 0 unspecified atom stereocenters. The molecule has 1 aromatic carbocycles. The Morgan fingerprint density at radius 3 is 2.64 bits per heavy atom. The summed E-state index contributed by atoms with van der Waals surface area (Å²) < 4.78 is 46.3. The third kappa shape index (κ3) is 3.94. The first-order valence-corrected chi connectivity index (χ1v) is 12.3. The highest BCUT2D eigenvalue weighted by molar-refractivity contribution is 5.82. The summed E-state index contributed by atoms with van der Waals surface area (Å²) in [5.74, 6) is -0.475. The highest BCUT2D eigenvalue weighted by atomic mass is 19.1. The van der Waals surface area contributed by atoms with Gasteiger partial charge in [0.25, 0.3) is 0 Å². The van der Waals surface area contributed by atoms with E-state index in [1.54, 1.807) is 34.0 Å². The van der Waals surface area contributed by atoms with Crippen LogP contribution >= 0.6 is 0 Å². The van der Waals surface area contributed by atoms with Crippen molar-refractivity contribution in [1.82, 2.24) is 24.1 Å². The van der Waals surface area contributed by atoms with Crippen LogP contribution in [0.1, 0.15) is 56.2 Å². The Labute approximate surface area is 205 Å². The lowest BCUT2D eigenvalue weighted by Gasteiger charge is -2.26. The van der Waals surface area contributed by atoms with E-state index in [4.69, 9.17) is 4.98 Å². The Kier molecular flexibility index (Phi) is 5.73. The molecule has 36 heavy (non-hydrogen) atoms. The van der Waals surface area contributed by atoms with Gasteiger partial charge in [-0.15, -0.1) is 0 Å². The van der Waals surface area contributed by atoms with Crippen LogP contribution in [0.25, 0.3) is 16.9 Å². The minimum Gasteiger partial charge on any atom is -0.346 e. The fourth-order valence-corrected chi connectivity index (χ4v) is 5.54. The average Bonchev–Trinajstić information content (AvgIpc) is 3.47. The van der Waals surface area contributed by atoms with Gasteiger partial charge in [0, 0.05) is 30.4 Å². The first kappa shape index (κ1) is 22.8. The molecule has 3 aromatic heterocycles. The maximum atomic E-state index is 14.6. The molecule has 2 atom stereocenters. The predicted octanol–water partition coefficient (Wildman–Crippen LogP) is 5.05. The van der Waals surface area contributed by atoms with Gasteiger partial charge in [-0.1, -0.05) is 19.3 Å². The molecular formula is C26H25F3N6O. The van der Waals surface area contributed by atoms with E-state index in [0.29, 0.717) is 22.7 Å². The quantitative estimate of drug-likeness (QED) is 0.397. The number of halogens is 3. The molecule has 0 amide bonds. The van der Waals surface area contributed by atoms with Gasteiger partial charge in [0.1, 0.15) is 35.5 Å². The topological polar surface area (TPSA) is 68.8 Å². The van der Waals surface area contributed by atoms with Crippen LogP contribution in [-0.4, -0.2) is 36.8 Å². The number of nitrogens with zero attached hydrogens (tertiary/aromatic N) is 6. The van der Waals surface area contributed by atoms with Crippen molar-refractivity contribution in [2.75, 3.05) is 11.4 Å². The largest absolute Gasteiger partial charge is 0.346 e. The van der Waals surface area contributed by atoms with Gasteiger partial charge in [-0.3, -0.25) is 4.57 Å². The zero-order chi connectivity index (χ0) is 24.8. The molecule has 1 aliphatic heterocycles. The summed E-state index contributed by atoms with van der Waals surface area (Å²) in [6.45, 7) is -0.0137. The van der Waals surface area contributed by atoms with Crippen molar-refractivity contribution in [3.8, 4) is 5.82 Å². The van der Waals surface area contributed by atoms with Crippen LogP contribution < -0.4 is 10.6 Å². The summed E-state index contributed by atoms with van der Waals surface area (Å²) in [7, 11) is 0. The molecule has 6 rings (SSSR count). The van der Waals surface area contributed by atoms with Gasteiger partial charge in [0.05, 0.1) is 18.1 Å². The van der Waals surface area contributed by atoms with Gasteiger partial charge in [0.2, 0.25) is 0 Å². The minimum atomic E-state index is -1.23. The van der Waals surface area contributed by atoms with Crippen LogP contribution in [-0.2, 0) is 0 Å². The SMILES string of the molecule is O=c1n(-c2ncnc3ccc(N4C[C@@H](F)C[C@@H]4c4cc(F)ccc4F)nc23)ccn1C1CCCCC1. The van der Waals surface area contributed by atoms with Crippen LogP contribution in [0.2, 0.25) is 0 Å². The molecule has 0 N–H and O–H groups in total. The summed E-state index contributed by atoms with van der Waals surface area (Å²) >= 11 is 0. The molecule has 0 bridgehead atoms. The molecule has 1 saturated carbocycles. The molecule has 0 spiro atoms. The number of anilines is 1. The molecule has 4 aromatic rings. The number of aromatic nitrogens is 5. The van der Waals surface area contributed by atoms with E-state index in [2.05, 4.69) is 9.97 Å². The Morgan fingerprint density at radius 1 is 0.972 bits per heavy atom. The number of hydrogen-bond donors (Lipinski definition) is 0.